The number of carbonyl (C=O) groups is 1. The van der Waals surface area contributed by atoms with E-state index in [4.69, 9.17) is 16.1 Å². The lowest BCUT2D eigenvalue weighted by Crippen LogP contribution is -2.14. The number of amides is 1. The lowest BCUT2D eigenvalue weighted by molar-refractivity contribution is 0.102. The highest BCUT2D eigenvalue weighted by Gasteiger charge is 2.18. The minimum absolute atomic E-state index is 0.243. The predicted octanol–water partition coefficient (Wildman–Crippen LogP) is 4.05. The largest absolute Gasteiger partial charge is 0.336 e. The summed E-state index contributed by atoms with van der Waals surface area (Å²) in [5.41, 5.74) is 3.67. The number of aromatic nitrogens is 2. The van der Waals surface area contributed by atoms with E-state index in [9.17, 15) is 4.79 Å². The highest BCUT2D eigenvalue weighted by atomic mass is 35.5. The minimum atomic E-state index is -0.243. The van der Waals surface area contributed by atoms with Crippen LogP contribution in [0.2, 0.25) is 5.02 Å². The van der Waals surface area contributed by atoms with Crippen LogP contribution in [0.5, 0.6) is 0 Å². The molecule has 1 N–H and O–H groups in total. The van der Waals surface area contributed by atoms with Gasteiger partial charge in [0.15, 0.2) is 0 Å². The van der Waals surface area contributed by atoms with Crippen molar-refractivity contribution in [2.24, 2.45) is 0 Å². The molecule has 0 radical (unpaired) electrons. The summed E-state index contributed by atoms with van der Waals surface area (Å²) in [6, 6.07) is 7.11. The molecule has 0 aliphatic rings. The van der Waals surface area contributed by atoms with Crippen molar-refractivity contribution in [1.82, 2.24) is 10.1 Å². The van der Waals surface area contributed by atoms with Gasteiger partial charge in [-0.05, 0) is 44.5 Å². The molecule has 22 heavy (non-hydrogen) atoms. The van der Waals surface area contributed by atoms with E-state index >= 15 is 0 Å². The molecular weight excluding hydrogens is 302 g/mol. The van der Waals surface area contributed by atoms with Gasteiger partial charge in [0, 0.05) is 16.4 Å². The third-order valence-electron chi connectivity index (χ3n) is 3.51. The number of rotatable bonds is 2. The SMILES string of the molecule is Cc1cc(C(=O)Nc2cccc(Cl)c2C)c2c(C)noc2n1. The summed E-state index contributed by atoms with van der Waals surface area (Å²) in [5, 5.41) is 8.00. The topological polar surface area (TPSA) is 68.0 Å². The van der Waals surface area contributed by atoms with Gasteiger partial charge in [0.2, 0.25) is 0 Å². The van der Waals surface area contributed by atoms with Gasteiger partial charge < -0.3 is 9.84 Å². The summed E-state index contributed by atoms with van der Waals surface area (Å²) < 4.78 is 5.15. The number of nitrogens with zero attached hydrogens (tertiary/aromatic N) is 2. The fourth-order valence-electron chi connectivity index (χ4n) is 2.33. The molecule has 1 amide bonds. The van der Waals surface area contributed by atoms with E-state index in [2.05, 4.69) is 15.5 Å². The summed E-state index contributed by atoms with van der Waals surface area (Å²) >= 11 is 6.09. The van der Waals surface area contributed by atoms with Crippen molar-refractivity contribution in [3.63, 3.8) is 0 Å². The second-order valence-corrected chi connectivity index (χ2v) is 5.53. The van der Waals surface area contributed by atoms with Crippen LogP contribution in [0.25, 0.3) is 11.1 Å². The summed E-state index contributed by atoms with van der Waals surface area (Å²) in [6.45, 7) is 5.44. The monoisotopic (exact) mass is 315 g/mol. The first-order valence-corrected chi connectivity index (χ1v) is 7.15. The first-order chi connectivity index (χ1) is 10.5. The van der Waals surface area contributed by atoms with E-state index in [1.807, 2.05) is 13.0 Å². The van der Waals surface area contributed by atoms with Crippen LogP contribution in [-0.4, -0.2) is 16.0 Å². The molecule has 2 heterocycles. The molecule has 0 spiro atoms. The maximum Gasteiger partial charge on any atom is 0.258 e. The van der Waals surface area contributed by atoms with Gasteiger partial charge in [-0.15, -0.1) is 0 Å². The van der Waals surface area contributed by atoms with Crippen molar-refractivity contribution in [2.45, 2.75) is 20.8 Å². The van der Waals surface area contributed by atoms with Gasteiger partial charge >= 0.3 is 0 Å². The predicted molar refractivity (Wildman–Crippen MR) is 85.4 cm³/mol. The number of nitrogens with one attached hydrogen (secondary N) is 1. The Morgan fingerprint density at radius 1 is 1.27 bits per heavy atom. The Balaban J connectivity index is 2.06. The minimum Gasteiger partial charge on any atom is -0.336 e. The number of aryl methyl sites for hydroxylation is 2. The maximum absolute atomic E-state index is 12.6. The van der Waals surface area contributed by atoms with Gasteiger partial charge in [-0.25, -0.2) is 4.98 Å². The Labute approximate surface area is 132 Å². The number of carbonyl (C=O) groups excluding carboxylic acids is 1. The van der Waals surface area contributed by atoms with Crippen LogP contribution in [0, 0.1) is 20.8 Å². The van der Waals surface area contributed by atoms with E-state index in [0.717, 1.165) is 5.56 Å². The van der Waals surface area contributed by atoms with Crippen LogP contribution < -0.4 is 5.32 Å². The molecule has 0 atom stereocenters. The fraction of sp³-hybridized carbons (Fsp3) is 0.188. The molecule has 0 bridgehead atoms. The van der Waals surface area contributed by atoms with Crippen LogP contribution in [0.3, 0.4) is 0 Å². The lowest BCUT2D eigenvalue weighted by atomic mass is 10.1. The lowest BCUT2D eigenvalue weighted by Gasteiger charge is -2.10. The summed E-state index contributed by atoms with van der Waals surface area (Å²) in [5.74, 6) is -0.243. The van der Waals surface area contributed by atoms with Crippen molar-refractivity contribution in [2.75, 3.05) is 5.32 Å². The van der Waals surface area contributed by atoms with E-state index < -0.39 is 0 Å². The van der Waals surface area contributed by atoms with Gasteiger partial charge in [-0.3, -0.25) is 4.79 Å². The number of benzene rings is 1. The molecule has 0 fully saturated rings. The highest BCUT2D eigenvalue weighted by molar-refractivity contribution is 6.31. The third-order valence-corrected chi connectivity index (χ3v) is 3.92. The van der Waals surface area contributed by atoms with Gasteiger partial charge in [-0.1, -0.05) is 22.8 Å². The summed E-state index contributed by atoms with van der Waals surface area (Å²) in [7, 11) is 0. The molecular formula is C16H14ClN3O2. The van der Waals surface area contributed by atoms with Crippen molar-refractivity contribution >= 4 is 34.3 Å². The number of fused-ring (bicyclic) bond motifs is 1. The molecule has 3 rings (SSSR count). The van der Waals surface area contributed by atoms with Gasteiger partial charge in [-0.2, -0.15) is 0 Å². The van der Waals surface area contributed by atoms with E-state index in [-0.39, 0.29) is 5.91 Å². The Bertz CT molecular complexity index is 886. The van der Waals surface area contributed by atoms with Crippen LogP contribution in [0.15, 0.2) is 28.8 Å². The first kappa shape index (κ1) is 14.5. The Morgan fingerprint density at radius 3 is 2.82 bits per heavy atom. The molecule has 112 valence electrons. The molecule has 0 aliphatic carbocycles. The number of hydrogen-bond acceptors (Lipinski definition) is 4. The number of anilines is 1. The van der Waals surface area contributed by atoms with Gasteiger partial charge in [0.05, 0.1) is 16.6 Å². The van der Waals surface area contributed by atoms with E-state index in [1.54, 1.807) is 32.0 Å². The van der Waals surface area contributed by atoms with Crippen molar-refractivity contribution in [3.05, 3.63) is 51.8 Å². The summed E-state index contributed by atoms with van der Waals surface area (Å²) in [4.78, 5) is 16.9. The van der Waals surface area contributed by atoms with Crippen LogP contribution in [-0.2, 0) is 0 Å². The third kappa shape index (κ3) is 2.44. The van der Waals surface area contributed by atoms with E-state index in [0.29, 0.717) is 38.8 Å². The Hall–Kier alpha value is -2.40. The zero-order valence-electron chi connectivity index (χ0n) is 12.4. The molecule has 2 aromatic heterocycles. The normalized spacial score (nSPS) is 10.9. The summed E-state index contributed by atoms with van der Waals surface area (Å²) in [6.07, 6.45) is 0. The second-order valence-electron chi connectivity index (χ2n) is 5.13. The van der Waals surface area contributed by atoms with Gasteiger partial charge in [0.1, 0.15) is 0 Å². The maximum atomic E-state index is 12.6. The van der Waals surface area contributed by atoms with E-state index in [1.165, 1.54) is 0 Å². The molecule has 5 nitrogen and oxygen atoms in total. The smallest absolute Gasteiger partial charge is 0.258 e. The van der Waals surface area contributed by atoms with Crippen LogP contribution >= 0.6 is 11.6 Å². The molecule has 3 aromatic rings. The molecule has 0 unspecified atom stereocenters. The molecule has 1 aromatic carbocycles. The molecule has 0 saturated heterocycles. The first-order valence-electron chi connectivity index (χ1n) is 6.77. The fourth-order valence-corrected chi connectivity index (χ4v) is 2.50. The average Bonchev–Trinajstić information content (AvgIpc) is 2.84. The Morgan fingerprint density at radius 2 is 2.05 bits per heavy atom. The zero-order chi connectivity index (χ0) is 15.9. The number of pyridine rings is 1. The second kappa shape index (κ2) is 5.42. The zero-order valence-corrected chi connectivity index (χ0v) is 13.2. The van der Waals surface area contributed by atoms with Crippen LogP contribution in [0.1, 0.15) is 27.3 Å². The van der Waals surface area contributed by atoms with Gasteiger partial charge in [0.25, 0.3) is 11.6 Å². The molecule has 0 saturated carbocycles. The van der Waals surface area contributed by atoms with Crippen LogP contribution in [0.4, 0.5) is 5.69 Å². The standard InChI is InChI=1S/C16H14ClN3O2/c1-8-7-11(14-10(3)20-22-16(14)18-8)15(21)19-13-6-4-5-12(17)9(13)2/h4-7H,1-3H3,(H,19,21). The molecule has 0 aliphatic heterocycles. The average molecular weight is 316 g/mol. The van der Waals surface area contributed by atoms with Crippen molar-refractivity contribution in [3.8, 4) is 0 Å². The Kier molecular flexibility index (Phi) is 3.58. The highest BCUT2D eigenvalue weighted by Crippen LogP contribution is 2.26. The molecule has 6 heteroatoms. The quantitative estimate of drug-likeness (QED) is 0.774. The number of halogens is 1. The van der Waals surface area contributed by atoms with Crippen molar-refractivity contribution in [1.29, 1.82) is 0 Å². The van der Waals surface area contributed by atoms with Crippen molar-refractivity contribution < 1.29 is 9.32 Å². The number of hydrogen-bond donors (Lipinski definition) is 1.